The molecule has 2 aromatic carbocycles. The predicted molar refractivity (Wildman–Crippen MR) is 125 cm³/mol. The number of likely N-dealkylation sites (tertiary alicyclic amines) is 1. The number of anilines is 2. The predicted octanol–water partition coefficient (Wildman–Crippen LogP) is 5.09. The van der Waals surface area contributed by atoms with Crippen LogP contribution in [-0.4, -0.2) is 43.1 Å². The Hall–Kier alpha value is -2.93. The Balaban J connectivity index is 1.32. The van der Waals surface area contributed by atoms with Gasteiger partial charge in [-0.3, -0.25) is 4.79 Å². The number of rotatable bonds is 4. The summed E-state index contributed by atoms with van der Waals surface area (Å²) >= 11 is 6.31. The lowest BCUT2D eigenvalue weighted by molar-refractivity contribution is -0.115. The quantitative estimate of drug-likeness (QED) is 0.670. The molecule has 0 unspecified atom stereocenters. The second kappa shape index (κ2) is 10.6. The number of urea groups is 1. The molecule has 1 fully saturated rings. The van der Waals surface area contributed by atoms with E-state index in [2.05, 4.69) is 10.6 Å². The van der Waals surface area contributed by atoms with Gasteiger partial charge in [0.25, 0.3) is 0 Å². The van der Waals surface area contributed by atoms with Crippen molar-refractivity contribution < 1.29 is 19.1 Å². The molecule has 3 amide bonds. The molecular weight excluding hydrogens is 430 g/mol. The molecule has 8 heteroatoms. The zero-order valence-corrected chi connectivity index (χ0v) is 18.7. The highest BCUT2D eigenvalue weighted by Gasteiger charge is 2.17. The molecule has 7 nitrogen and oxygen atoms in total. The standard InChI is InChI=1S/C24H28ClN3O4/c25-20-14-17(15-21-23(20)32-13-5-12-31-21)16-22(29)26-18-6-8-19(9-7-18)27-24(30)28-10-3-1-2-4-11-28/h6-9,14-15H,1-5,10-13,16H2,(H,26,29)(H,27,30). The number of halogens is 1. The smallest absolute Gasteiger partial charge is 0.321 e. The van der Waals surface area contributed by atoms with Gasteiger partial charge < -0.3 is 25.0 Å². The van der Waals surface area contributed by atoms with Crippen molar-refractivity contribution in [3.05, 3.63) is 47.0 Å². The summed E-state index contributed by atoms with van der Waals surface area (Å²) in [5.74, 6) is 0.936. The van der Waals surface area contributed by atoms with E-state index >= 15 is 0 Å². The van der Waals surface area contributed by atoms with Gasteiger partial charge in [0.1, 0.15) is 0 Å². The van der Waals surface area contributed by atoms with Crippen LogP contribution in [0.4, 0.5) is 16.2 Å². The van der Waals surface area contributed by atoms with E-state index in [9.17, 15) is 9.59 Å². The fourth-order valence-electron chi connectivity index (χ4n) is 3.89. The first-order valence-electron chi connectivity index (χ1n) is 11.1. The second-order valence-electron chi connectivity index (χ2n) is 8.09. The molecule has 170 valence electrons. The Labute approximate surface area is 193 Å². The van der Waals surface area contributed by atoms with Crippen molar-refractivity contribution in [3.8, 4) is 11.5 Å². The van der Waals surface area contributed by atoms with Gasteiger partial charge in [-0.1, -0.05) is 24.4 Å². The van der Waals surface area contributed by atoms with Crippen molar-refractivity contribution in [3.63, 3.8) is 0 Å². The zero-order valence-electron chi connectivity index (χ0n) is 18.0. The highest BCUT2D eigenvalue weighted by molar-refractivity contribution is 6.32. The lowest BCUT2D eigenvalue weighted by atomic mass is 10.1. The third-order valence-corrected chi connectivity index (χ3v) is 5.82. The monoisotopic (exact) mass is 457 g/mol. The van der Waals surface area contributed by atoms with Gasteiger partial charge in [-0.2, -0.15) is 0 Å². The molecule has 2 N–H and O–H groups in total. The van der Waals surface area contributed by atoms with E-state index in [1.807, 2.05) is 4.90 Å². The molecule has 2 aliphatic rings. The molecule has 2 aliphatic heterocycles. The molecule has 0 aromatic heterocycles. The molecule has 1 saturated heterocycles. The van der Waals surface area contributed by atoms with Crippen molar-refractivity contribution in [1.82, 2.24) is 4.90 Å². The number of amides is 3. The summed E-state index contributed by atoms with van der Waals surface area (Å²) in [6, 6.07) is 10.6. The third-order valence-electron chi connectivity index (χ3n) is 5.54. The summed E-state index contributed by atoms with van der Waals surface area (Å²) in [5.41, 5.74) is 2.10. The average molecular weight is 458 g/mol. The van der Waals surface area contributed by atoms with Gasteiger partial charge in [-0.05, 0) is 54.8 Å². The van der Waals surface area contributed by atoms with Gasteiger partial charge in [0, 0.05) is 30.9 Å². The molecule has 0 atom stereocenters. The van der Waals surface area contributed by atoms with Gasteiger partial charge in [0.15, 0.2) is 11.5 Å². The number of carbonyl (C=O) groups is 2. The van der Waals surface area contributed by atoms with Crippen molar-refractivity contribution in [2.45, 2.75) is 38.5 Å². The minimum Gasteiger partial charge on any atom is -0.489 e. The molecule has 32 heavy (non-hydrogen) atoms. The molecule has 0 spiro atoms. The number of nitrogens with zero attached hydrogens (tertiary/aromatic N) is 1. The summed E-state index contributed by atoms with van der Waals surface area (Å²) in [7, 11) is 0. The fourth-order valence-corrected chi connectivity index (χ4v) is 4.18. The zero-order chi connectivity index (χ0) is 22.3. The van der Waals surface area contributed by atoms with Crippen LogP contribution < -0.4 is 20.1 Å². The number of ether oxygens (including phenoxy) is 2. The van der Waals surface area contributed by atoms with E-state index in [0.717, 1.165) is 37.9 Å². The van der Waals surface area contributed by atoms with Crippen LogP contribution in [0, 0.1) is 0 Å². The van der Waals surface area contributed by atoms with E-state index in [1.54, 1.807) is 36.4 Å². The van der Waals surface area contributed by atoms with Gasteiger partial charge in [0.2, 0.25) is 5.91 Å². The Bertz CT molecular complexity index is 956. The largest absolute Gasteiger partial charge is 0.489 e. The number of hydrogen-bond donors (Lipinski definition) is 2. The van der Waals surface area contributed by atoms with Crippen LogP contribution in [-0.2, 0) is 11.2 Å². The van der Waals surface area contributed by atoms with Crippen molar-refractivity contribution in [2.75, 3.05) is 36.9 Å². The van der Waals surface area contributed by atoms with Gasteiger partial charge in [0.05, 0.1) is 24.7 Å². The SMILES string of the molecule is O=C(Cc1cc(Cl)c2c(c1)OCCCO2)Nc1ccc(NC(=O)N2CCCCCC2)cc1. The third kappa shape index (κ3) is 5.85. The maximum absolute atomic E-state index is 12.5. The van der Waals surface area contributed by atoms with E-state index in [4.69, 9.17) is 21.1 Å². The molecule has 2 aromatic rings. The molecule has 0 bridgehead atoms. The number of benzene rings is 2. The summed E-state index contributed by atoms with van der Waals surface area (Å²) in [6.07, 6.45) is 5.40. The number of carbonyl (C=O) groups excluding carboxylic acids is 2. The summed E-state index contributed by atoms with van der Waals surface area (Å²) < 4.78 is 11.3. The minimum absolute atomic E-state index is 0.0741. The Morgan fingerprint density at radius 3 is 2.25 bits per heavy atom. The second-order valence-corrected chi connectivity index (χ2v) is 8.50. The normalized spacial score (nSPS) is 16.0. The van der Waals surface area contributed by atoms with Crippen molar-refractivity contribution in [1.29, 1.82) is 0 Å². The van der Waals surface area contributed by atoms with E-state index in [-0.39, 0.29) is 18.4 Å². The number of fused-ring (bicyclic) bond motifs is 1. The molecule has 2 heterocycles. The minimum atomic E-state index is -0.170. The van der Waals surface area contributed by atoms with Crippen molar-refractivity contribution >= 4 is 34.9 Å². The van der Waals surface area contributed by atoms with Crippen LogP contribution in [0.2, 0.25) is 5.02 Å². The highest BCUT2D eigenvalue weighted by atomic mass is 35.5. The lowest BCUT2D eigenvalue weighted by Crippen LogP contribution is -2.35. The van der Waals surface area contributed by atoms with E-state index in [1.165, 1.54) is 12.8 Å². The Morgan fingerprint density at radius 1 is 0.875 bits per heavy atom. The molecular formula is C24H28ClN3O4. The average Bonchev–Trinajstić information content (AvgIpc) is 3.18. The number of nitrogens with one attached hydrogen (secondary N) is 2. The first kappa shape index (κ1) is 22.3. The van der Waals surface area contributed by atoms with Crippen LogP contribution in [0.15, 0.2) is 36.4 Å². The van der Waals surface area contributed by atoms with Crippen LogP contribution >= 0.6 is 11.6 Å². The topological polar surface area (TPSA) is 79.9 Å². The van der Waals surface area contributed by atoms with Crippen LogP contribution in [0.3, 0.4) is 0 Å². The molecule has 4 rings (SSSR count). The number of hydrogen-bond acceptors (Lipinski definition) is 4. The molecule has 0 radical (unpaired) electrons. The van der Waals surface area contributed by atoms with Gasteiger partial charge in [-0.25, -0.2) is 4.79 Å². The fraction of sp³-hybridized carbons (Fsp3) is 0.417. The first-order chi connectivity index (χ1) is 15.6. The first-order valence-corrected chi connectivity index (χ1v) is 11.5. The Kier molecular flexibility index (Phi) is 7.37. The lowest BCUT2D eigenvalue weighted by Gasteiger charge is -2.20. The van der Waals surface area contributed by atoms with Crippen LogP contribution in [0.5, 0.6) is 11.5 Å². The van der Waals surface area contributed by atoms with Crippen LogP contribution in [0.1, 0.15) is 37.7 Å². The summed E-state index contributed by atoms with van der Waals surface area (Å²) in [5, 5.41) is 6.25. The van der Waals surface area contributed by atoms with E-state index in [0.29, 0.717) is 41.1 Å². The van der Waals surface area contributed by atoms with Crippen LogP contribution in [0.25, 0.3) is 0 Å². The molecule has 0 aliphatic carbocycles. The summed E-state index contributed by atoms with van der Waals surface area (Å²) in [6.45, 7) is 2.70. The highest BCUT2D eigenvalue weighted by Crippen LogP contribution is 2.38. The van der Waals surface area contributed by atoms with Crippen molar-refractivity contribution in [2.24, 2.45) is 0 Å². The van der Waals surface area contributed by atoms with Gasteiger partial charge >= 0.3 is 6.03 Å². The Morgan fingerprint density at radius 2 is 1.53 bits per heavy atom. The van der Waals surface area contributed by atoms with Gasteiger partial charge in [-0.15, -0.1) is 0 Å². The maximum Gasteiger partial charge on any atom is 0.321 e. The summed E-state index contributed by atoms with van der Waals surface area (Å²) in [4.78, 5) is 26.8. The maximum atomic E-state index is 12.5. The molecule has 0 saturated carbocycles. The van der Waals surface area contributed by atoms with E-state index < -0.39 is 0 Å².